The van der Waals surface area contributed by atoms with Crippen LogP contribution in [0.4, 0.5) is 0 Å². The molecule has 0 bridgehead atoms. The molecule has 4 nitrogen and oxygen atoms in total. The summed E-state index contributed by atoms with van der Waals surface area (Å²) in [6, 6.07) is 0. The quantitative estimate of drug-likeness (QED) is 0.451. The molecule has 0 aliphatic carbocycles. The molecule has 0 aromatic heterocycles. The van der Waals surface area contributed by atoms with Gasteiger partial charge in [0.2, 0.25) is 0 Å². The highest BCUT2D eigenvalue weighted by Gasteiger charge is 2.01. The number of carbonyl (C=O) groups is 1. The van der Waals surface area contributed by atoms with Crippen molar-refractivity contribution in [2.75, 3.05) is 19.7 Å². The van der Waals surface area contributed by atoms with Crippen LogP contribution in [0.2, 0.25) is 0 Å². The Morgan fingerprint density at radius 1 is 1.47 bits per heavy atom. The lowest BCUT2D eigenvalue weighted by Gasteiger charge is -2.07. The first-order valence-corrected chi connectivity index (χ1v) is 5.27. The standard InChI is InChI=1S/C11H21NO3/c1-9(2)15-7-5-4-6-12-8-10(3)11(13)14/h9,12H,3-8H2,1-2H3,(H,13,14). The van der Waals surface area contributed by atoms with Crippen LogP contribution in [0.1, 0.15) is 26.7 Å². The summed E-state index contributed by atoms with van der Waals surface area (Å²) < 4.78 is 5.37. The number of unbranched alkanes of at least 4 members (excludes halogenated alkanes) is 1. The Hall–Kier alpha value is -0.870. The van der Waals surface area contributed by atoms with Crippen molar-refractivity contribution in [2.24, 2.45) is 0 Å². The molecule has 0 saturated heterocycles. The summed E-state index contributed by atoms with van der Waals surface area (Å²) in [5, 5.41) is 11.5. The van der Waals surface area contributed by atoms with Crippen molar-refractivity contribution in [3.8, 4) is 0 Å². The van der Waals surface area contributed by atoms with Gasteiger partial charge in [0.25, 0.3) is 0 Å². The van der Waals surface area contributed by atoms with E-state index in [2.05, 4.69) is 11.9 Å². The number of nitrogens with one attached hydrogen (secondary N) is 1. The van der Waals surface area contributed by atoms with Crippen molar-refractivity contribution in [3.05, 3.63) is 12.2 Å². The number of aliphatic carboxylic acids is 1. The summed E-state index contributed by atoms with van der Waals surface area (Å²) in [5.41, 5.74) is 0.202. The van der Waals surface area contributed by atoms with Crippen molar-refractivity contribution in [3.63, 3.8) is 0 Å². The molecule has 0 rings (SSSR count). The van der Waals surface area contributed by atoms with E-state index in [9.17, 15) is 4.79 Å². The lowest BCUT2D eigenvalue weighted by Crippen LogP contribution is -2.21. The Labute approximate surface area is 91.3 Å². The van der Waals surface area contributed by atoms with Crippen molar-refractivity contribution in [1.29, 1.82) is 0 Å². The summed E-state index contributed by atoms with van der Waals surface area (Å²) in [7, 11) is 0. The molecule has 0 spiro atoms. The van der Waals surface area contributed by atoms with Gasteiger partial charge in [0.05, 0.1) is 6.10 Å². The largest absolute Gasteiger partial charge is 0.478 e. The third kappa shape index (κ3) is 9.43. The van der Waals surface area contributed by atoms with Crippen LogP contribution in [0.25, 0.3) is 0 Å². The van der Waals surface area contributed by atoms with Crippen LogP contribution >= 0.6 is 0 Å². The zero-order valence-corrected chi connectivity index (χ0v) is 9.58. The van der Waals surface area contributed by atoms with Crippen LogP contribution < -0.4 is 5.32 Å². The van der Waals surface area contributed by atoms with Gasteiger partial charge in [-0.3, -0.25) is 0 Å². The van der Waals surface area contributed by atoms with E-state index in [1.54, 1.807) is 0 Å². The van der Waals surface area contributed by atoms with Gasteiger partial charge >= 0.3 is 5.97 Å². The summed E-state index contributed by atoms with van der Waals surface area (Å²) >= 11 is 0. The molecular weight excluding hydrogens is 194 g/mol. The van der Waals surface area contributed by atoms with E-state index in [-0.39, 0.29) is 11.7 Å². The molecule has 0 unspecified atom stereocenters. The van der Waals surface area contributed by atoms with Crippen molar-refractivity contribution >= 4 is 5.97 Å². The van der Waals surface area contributed by atoms with E-state index in [1.165, 1.54) is 0 Å². The minimum absolute atomic E-state index is 0.202. The third-order valence-corrected chi connectivity index (χ3v) is 1.84. The van der Waals surface area contributed by atoms with Gasteiger partial charge in [-0.05, 0) is 33.2 Å². The number of carboxylic acids is 1. The Morgan fingerprint density at radius 2 is 2.13 bits per heavy atom. The van der Waals surface area contributed by atoms with Crippen LogP contribution in [-0.2, 0) is 9.53 Å². The van der Waals surface area contributed by atoms with Crippen molar-refractivity contribution < 1.29 is 14.6 Å². The van der Waals surface area contributed by atoms with Crippen molar-refractivity contribution in [2.45, 2.75) is 32.8 Å². The maximum absolute atomic E-state index is 10.4. The van der Waals surface area contributed by atoms with Gasteiger partial charge in [-0.2, -0.15) is 0 Å². The van der Waals surface area contributed by atoms with Crippen LogP contribution in [0.5, 0.6) is 0 Å². The minimum Gasteiger partial charge on any atom is -0.478 e. The molecule has 4 heteroatoms. The minimum atomic E-state index is -0.939. The third-order valence-electron chi connectivity index (χ3n) is 1.84. The first-order valence-electron chi connectivity index (χ1n) is 5.27. The van der Waals surface area contributed by atoms with Gasteiger partial charge in [-0.1, -0.05) is 6.58 Å². The number of hydrogen-bond donors (Lipinski definition) is 2. The number of hydrogen-bond acceptors (Lipinski definition) is 3. The normalized spacial score (nSPS) is 10.6. The number of rotatable bonds is 9. The highest BCUT2D eigenvalue weighted by molar-refractivity contribution is 5.86. The van der Waals surface area contributed by atoms with Gasteiger partial charge < -0.3 is 15.2 Å². The molecule has 2 N–H and O–H groups in total. The van der Waals surface area contributed by atoms with Gasteiger partial charge in [0.1, 0.15) is 0 Å². The van der Waals surface area contributed by atoms with E-state index in [4.69, 9.17) is 9.84 Å². The highest BCUT2D eigenvalue weighted by Crippen LogP contribution is 1.94. The molecule has 0 aromatic rings. The molecule has 0 atom stereocenters. The lowest BCUT2D eigenvalue weighted by molar-refractivity contribution is -0.132. The second-order valence-corrected chi connectivity index (χ2v) is 3.71. The Morgan fingerprint density at radius 3 is 2.67 bits per heavy atom. The van der Waals surface area contributed by atoms with E-state index in [1.807, 2.05) is 13.8 Å². The fraction of sp³-hybridized carbons (Fsp3) is 0.727. The van der Waals surface area contributed by atoms with Gasteiger partial charge in [0, 0.05) is 18.7 Å². The molecule has 0 radical (unpaired) electrons. The molecule has 88 valence electrons. The average molecular weight is 215 g/mol. The van der Waals surface area contributed by atoms with Crippen LogP contribution in [0, 0.1) is 0 Å². The summed E-state index contributed by atoms with van der Waals surface area (Å²) in [6.45, 7) is 9.35. The van der Waals surface area contributed by atoms with Crippen molar-refractivity contribution in [1.82, 2.24) is 5.32 Å². The number of carboxylic acid groups (broad SMARTS) is 1. The highest BCUT2D eigenvalue weighted by atomic mass is 16.5. The van der Waals surface area contributed by atoms with E-state index in [0.717, 1.165) is 26.0 Å². The summed E-state index contributed by atoms with van der Waals surface area (Å²) in [4.78, 5) is 10.4. The van der Waals surface area contributed by atoms with Gasteiger partial charge in [-0.25, -0.2) is 4.79 Å². The average Bonchev–Trinajstić information content (AvgIpc) is 2.15. The van der Waals surface area contributed by atoms with Crippen LogP contribution in [-0.4, -0.2) is 36.9 Å². The first kappa shape index (κ1) is 14.1. The molecule has 0 heterocycles. The Balaban J connectivity index is 3.18. The summed E-state index contributed by atoms with van der Waals surface area (Å²) in [5.74, 6) is -0.939. The zero-order chi connectivity index (χ0) is 11.7. The Kier molecular flexibility index (Phi) is 7.95. The molecule has 0 amide bonds. The lowest BCUT2D eigenvalue weighted by atomic mass is 10.3. The molecular formula is C11H21NO3. The van der Waals surface area contributed by atoms with Crippen LogP contribution in [0.3, 0.4) is 0 Å². The maximum atomic E-state index is 10.4. The summed E-state index contributed by atoms with van der Waals surface area (Å²) in [6.07, 6.45) is 2.26. The second kappa shape index (κ2) is 8.44. The topological polar surface area (TPSA) is 58.6 Å². The predicted molar refractivity (Wildman–Crippen MR) is 60.0 cm³/mol. The molecule has 0 saturated carbocycles. The SMILES string of the molecule is C=C(CNCCCCOC(C)C)C(=O)O. The molecule has 0 aromatic carbocycles. The number of ether oxygens (including phenoxy) is 1. The zero-order valence-electron chi connectivity index (χ0n) is 9.58. The predicted octanol–water partition coefficient (Wildman–Crippen LogP) is 1.42. The smallest absolute Gasteiger partial charge is 0.332 e. The first-order chi connectivity index (χ1) is 7.04. The monoisotopic (exact) mass is 215 g/mol. The van der Waals surface area contributed by atoms with Gasteiger partial charge in [-0.15, -0.1) is 0 Å². The molecule has 15 heavy (non-hydrogen) atoms. The van der Waals surface area contributed by atoms with E-state index in [0.29, 0.717) is 6.54 Å². The van der Waals surface area contributed by atoms with E-state index >= 15 is 0 Å². The van der Waals surface area contributed by atoms with Gasteiger partial charge in [0.15, 0.2) is 0 Å². The second-order valence-electron chi connectivity index (χ2n) is 3.71. The molecule has 0 aliphatic rings. The van der Waals surface area contributed by atoms with E-state index < -0.39 is 5.97 Å². The van der Waals surface area contributed by atoms with Crippen LogP contribution in [0.15, 0.2) is 12.2 Å². The maximum Gasteiger partial charge on any atom is 0.332 e. The Bertz CT molecular complexity index is 202. The fourth-order valence-electron chi connectivity index (χ4n) is 0.986. The molecule has 0 fully saturated rings. The fourth-order valence-corrected chi connectivity index (χ4v) is 0.986. The molecule has 0 aliphatic heterocycles.